The van der Waals surface area contributed by atoms with Gasteiger partial charge in [0.1, 0.15) is 5.82 Å². The van der Waals surface area contributed by atoms with E-state index in [1.807, 2.05) is 6.07 Å². The molecule has 1 heterocycles. The quantitative estimate of drug-likeness (QED) is 0.918. The minimum absolute atomic E-state index is 0.177. The van der Waals surface area contributed by atoms with Gasteiger partial charge in [0.2, 0.25) is 0 Å². The van der Waals surface area contributed by atoms with Crippen LogP contribution in [0.4, 0.5) is 4.39 Å². The molecule has 1 unspecified atom stereocenters. The first-order valence-corrected chi connectivity index (χ1v) is 7.29. The Kier molecular flexibility index (Phi) is 5.15. The fourth-order valence-corrected chi connectivity index (χ4v) is 3.05. The Balaban J connectivity index is 1.87. The van der Waals surface area contributed by atoms with Crippen LogP contribution in [0.2, 0.25) is 0 Å². The number of likely N-dealkylation sites (N-methyl/N-ethyl adjacent to an activating group) is 1. The van der Waals surface area contributed by atoms with Crippen molar-refractivity contribution < 1.29 is 4.39 Å². The third-order valence-corrected chi connectivity index (χ3v) is 3.78. The van der Waals surface area contributed by atoms with Gasteiger partial charge in [0.25, 0.3) is 0 Å². The van der Waals surface area contributed by atoms with Crippen molar-refractivity contribution in [1.82, 2.24) is 10.2 Å². The molecule has 4 heteroatoms. The lowest BCUT2D eigenvalue weighted by Crippen LogP contribution is -2.42. The zero-order valence-electron chi connectivity index (χ0n) is 10.8. The summed E-state index contributed by atoms with van der Waals surface area (Å²) < 4.78 is 14.1. The molecule has 1 aromatic carbocycles. The van der Waals surface area contributed by atoms with Gasteiger partial charge >= 0.3 is 0 Å². The highest BCUT2D eigenvalue weighted by atomic mass is 79.9. The highest BCUT2D eigenvalue weighted by Crippen LogP contribution is 2.16. The van der Waals surface area contributed by atoms with E-state index in [-0.39, 0.29) is 5.82 Å². The van der Waals surface area contributed by atoms with Crippen molar-refractivity contribution in [1.29, 1.82) is 0 Å². The van der Waals surface area contributed by atoms with Gasteiger partial charge in [-0.2, -0.15) is 0 Å². The van der Waals surface area contributed by atoms with E-state index in [9.17, 15) is 4.39 Å². The fraction of sp³-hybridized carbons (Fsp3) is 0.571. The smallest absolute Gasteiger partial charge is 0.124 e. The lowest BCUT2D eigenvalue weighted by atomic mass is 10.0. The molecule has 1 saturated heterocycles. The largest absolute Gasteiger partial charge is 0.313 e. The summed E-state index contributed by atoms with van der Waals surface area (Å²) in [7, 11) is 2.09. The van der Waals surface area contributed by atoms with Gasteiger partial charge in [-0.25, -0.2) is 4.39 Å². The fourth-order valence-electron chi connectivity index (χ4n) is 2.53. The summed E-state index contributed by atoms with van der Waals surface area (Å²) in [6, 6.07) is 5.66. The molecule has 2 nitrogen and oxygen atoms in total. The maximum Gasteiger partial charge on any atom is 0.124 e. The van der Waals surface area contributed by atoms with Crippen LogP contribution in [-0.4, -0.2) is 31.1 Å². The molecule has 0 aliphatic carbocycles. The number of hydrogen-bond donors (Lipinski definition) is 1. The number of benzene rings is 1. The molecule has 1 atom stereocenters. The minimum atomic E-state index is -0.177. The van der Waals surface area contributed by atoms with Crippen molar-refractivity contribution in [3.8, 4) is 0 Å². The van der Waals surface area contributed by atoms with Crippen molar-refractivity contribution in [3.63, 3.8) is 0 Å². The van der Waals surface area contributed by atoms with E-state index in [1.54, 1.807) is 6.07 Å². The number of piperidine rings is 1. The molecule has 1 N–H and O–H groups in total. The molecule has 1 fully saturated rings. The molecule has 0 saturated carbocycles. The molecule has 1 aliphatic rings. The van der Waals surface area contributed by atoms with Crippen LogP contribution >= 0.6 is 15.9 Å². The monoisotopic (exact) mass is 314 g/mol. The zero-order valence-corrected chi connectivity index (χ0v) is 12.3. The maximum atomic E-state index is 13.3. The van der Waals surface area contributed by atoms with Gasteiger partial charge in [0.15, 0.2) is 0 Å². The Labute approximate surface area is 117 Å². The normalized spacial score (nSPS) is 20.3. The van der Waals surface area contributed by atoms with Gasteiger partial charge in [-0.3, -0.25) is 0 Å². The van der Waals surface area contributed by atoms with E-state index < -0.39 is 0 Å². The molecule has 0 spiro atoms. The van der Waals surface area contributed by atoms with E-state index in [0.717, 1.165) is 29.7 Å². The number of rotatable bonds is 4. The van der Waals surface area contributed by atoms with E-state index in [2.05, 4.69) is 33.2 Å². The molecule has 1 aliphatic heterocycles. The van der Waals surface area contributed by atoms with E-state index in [1.165, 1.54) is 25.3 Å². The van der Waals surface area contributed by atoms with Crippen molar-refractivity contribution in [3.05, 3.63) is 34.1 Å². The van der Waals surface area contributed by atoms with Crippen LogP contribution in [0.5, 0.6) is 0 Å². The molecule has 0 amide bonds. The molecule has 1 aromatic rings. The standard InChI is InChI=1S/C14H20BrFN2/c1-18(10-14-4-2-3-5-17-14)9-11-6-12(15)8-13(16)7-11/h6-8,14,17H,2-5,9-10H2,1H3. The SMILES string of the molecule is CN(Cc1cc(F)cc(Br)c1)CC1CCCCN1. The number of halogens is 2. The van der Waals surface area contributed by atoms with Crippen molar-refractivity contribution in [2.45, 2.75) is 31.8 Å². The second kappa shape index (κ2) is 6.64. The van der Waals surface area contributed by atoms with Gasteiger partial charge in [-0.05, 0) is 50.2 Å². The van der Waals surface area contributed by atoms with Gasteiger partial charge in [-0.15, -0.1) is 0 Å². The van der Waals surface area contributed by atoms with Gasteiger partial charge in [-0.1, -0.05) is 22.4 Å². The summed E-state index contributed by atoms with van der Waals surface area (Å²) in [5.41, 5.74) is 1.01. The van der Waals surface area contributed by atoms with Crippen molar-refractivity contribution >= 4 is 15.9 Å². The topological polar surface area (TPSA) is 15.3 Å². The maximum absolute atomic E-state index is 13.3. The zero-order chi connectivity index (χ0) is 13.0. The molecule has 0 aromatic heterocycles. The molecule has 0 radical (unpaired) electrons. The lowest BCUT2D eigenvalue weighted by Gasteiger charge is -2.28. The molecule has 18 heavy (non-hydrogen) atoms. The summed E-state index contributed by atoms with van der Waals surface area (Å²) in [6.07, 6.45) is 3.85. The summed E-state index contributed by atoms with van der Waals surface area (Å²) in [5.74, 6) is -0.177. The summed E-state index contributed by atoms with van der Waals surface area (Å²) in [4.78, 5) is 2.25. The number of nitrogens with zero attached hydrogens (tertiary/aromatic N) is 1. The predicted molar refractivity (Wildman–Crippen MR) is 76.1 cm³/mol. The second-order valence-electron chi connectivity index (χ2n) is 5.12. The van der Waals surface area contributed by atoms with Crippen molar-refractivity contribution in [2.75, 3.05) is 20.1 Å². The first-order chi connectivity index (χ1) is 8.63. The number of nitrogens with one attached hydrogen (secondary N) is 1. The van der Waals surface area contributed by atoms with Crippen molar-refractivity contribution in [2.24, 2.45) is 0 Å². The molecular weight excluding hydrogens is 295 g/mol. The third-order valence-electron chi connectivity index (χ3n) is 3.32. The Morgan fingerprint density at radius 1 is 1.39 bits per heavy atom. The molecule has 100 valence electrons. The highest BCUT2D eigenvalue weighted by molar-refractivity contribution is 9.10. The van der Waals surface area contributed by atoms with Crippen LogP contribution in [0.25, 0.3) is 0 Å². The van der Waals surface area contributed by atoms with E-state index in [0.29, 0.717) is 6.04 Å². The lowest BCUT2D eigenvalue weighted by molar-refractivity contribution is 0.256. The van der Waals surface area contributed by atoms with E-state index in [4.69, 9.17) is 0 Å². The highest BCUT2D eigenvalue weighted by Gasteiger charge is 2.14. The van der Waals surface area contributed by atoms with Crippen LogP contribution < -0.4 is 5.32 Å². The van der Waals surface area contributed by atoms with Crippen LogP contribution in [0.1, 0.15) is 24.8 Å². The Morgan fingerprint density at radius 3 is 2.89 bits per heavy atom. The second-order valence-corrected chi connectivity index (χ2v) is 6.04. The number of hydrogen-bond acceptors (Lipinski definition) is 2. The first-order valence-electron chi connectivity index (χ1n) is 6.50. The first kappa shape index (κ1) is 14.0. The Bertz CT molecular complexity index is 371. The molecule has 0 bridgehead atoms. The van der Waals surface area contributed by atoms with Crippen LogP contribution in [-0.2, 0) is 6.54 Å². The average Bonchev–Trinajstić information content (AvgIpc) is 2.28. The van der Waals surface area contributed by atoms with Crippen LogP contribution in [0.15, 0.2) is 22.7 Å². The summed E-state index contributed by atoms with van der Waals surface area (Å²) in [5, 5.41) is 3.53. The van der Waals surface area contributed by atoms with Crippen LogP contribution in [0, 0.1) is 5.82 Å². The Morgan fingerprint density at radius 2 is 2.22 bits per heavy atom. The van der Waals surface area contributed by atoms with Gasteiger partial charge < -0.3 is 10.2 Å². The third kappa shape index (κ3) is 4.34. The molecular formula is C14H20BrFN2. The van der Waals surface area contributed by atoms with Gasteiger partial charge in [0.05, 0.1) is 0 Å². The summed E-state index contributed by atoms with van der Waals surface area (Å²) >= 11 is 3.33. The Hall–Kier alpha value is -0.450. The minimum Gasteiger partial charge on any atom is -0.313 e. The predicted octanol–water partition coefficient (Wildman–Crippen LogP) is 3.16. The average molecular weight is 315 g/mol. The summed E-state index contributed by atoms with van der Waals surface area (Å²) in [6.45, 7) is 2.94. The van der Waals surface area contributed by atoms with E-state index >= 15 is 0 Å². The van der Waals surface area contributed by atoms with Crippen LogP contribution in [0.3, 0.4) is 0 Å². The molecule has 2 rings (SSSR count). The van der Waals surface area contributed by atoms with Gasteiger partial charge in [0, 0.05) is 23.6 Å².